The number of fused-ring (bicyclic) bond motifs is 15. The highest BCUT2D eigenvalue weighted by molar-refractivity contribution is 5.13. The van der Waals surface area contributed by atoms with Gasteiger partial charge in [-0.2, -0.15) is 0 Å². The maximum Gasteiger partial charge on any atom is -0.0264 e. The first-order valence-electron chi connectivity index (χ1n) is 41.3. The lowest BCUT2D eigenvalue weighted by molar-refractivity contribution is -0.121. The molecular weight excluding hydrogens is 1040 g/mol. The average molecular weight is 1200 g/mol. The summed E-state index contributed by atoms with van der Waals surface area (Å²) in [6, 6.07) is 0. The van der Waals surface area contributed by atoms with Crippen LogP contribution in [-0.2, 0) is 0 Å². The summed E-state index contributed by atoms with van der Waals surface area (Å²) in [5.74, 6) is 24.4. The van der Waals surface area contributed by atoms with Crippen molar-refractivity contribution >= 4 is 0 Å². The summed E-state index contributed by atoms with van der Waals surface area (Å²) >= 11 is 0. The Morgan fingerprint density at radius 3 is 0.966 bits per heavy atom. The molecule has 0 unspecified atom stereocenters. The van der Waals surface area contributed by atoms with Gasteiger partial charge in [-0.05, 0) is 341 Å². The summed E-state index contributed by atoms with van der Waals surface area (Å²) in [6.07, 6.45) is 59.5. The van der Waals surface area contributed by atoms with Crippen molar-refractivity contribution in [3.63, 3.8) is 0 Å². The first-order valence-corrected chi connectivity index (χ1v) is 41.3. The van der Waals surface area contributed by atoms with Gasteiger partial charge in [0.1, 0.15) is 0 Å². The van der Waals surface area contributed by atoms with Crippen molar-refractivity contribution < 1.29 is 0 Å². The quantitative estimate of drug-likeness (QED) is 0.128. The molecule has 27 atom stereocenters. The molecule has 12 aliphatic carbocycles. The highest BCUT2D eigenvalue weighted by Crippen LogP contribution is 2.72. The monoisotopic (exact) mass is 1200 g/mol. The van der Waals surface area contributed by atoms with Gasteiger partial charge in [0.25, 0.3) is 0 Å². The Hall–Kier alpha value is 0. The van der Waals surface area contributed by atoms with Crippen LogP contribution in [0.2, 0.25) is 0 Å². The van der Waals surface area contributed by atoms with Crippen molar-refractivity contribution in [2.75, 3.05) is 0 Å². The van der Waals surface area contributed by atoms with Gasteiger partial charge in [0.05, 0.1) is 0 Å². The molecule has 0 aromatic rings. The van der Waals surface area contributed by atoms with Crippen LogP contribution >= 0.6 is 0 Å². The van der Waals surface area contributed by atoms with Crippen LogP contribution in [0.4, 0.5) is 0 Å². The Kier molecular flexibility index (Phi) is 23.1. The first kappa shape index (κ1) is 69.8. The Balaban J connectivity index is 0.000000145. The summed E-state index contributed by atoms with van der Waals surface area (Å²) < 4.78 is 0. The van der Waals surface area contributed by atoms with E-state index in [1.165, 1.54) is 96.3 Å². The van der Waals surface area contributed by atoms with E-state index >= 15 is 0 Å². The lowest BCUT2D eigenvalue weighted by Gasteiger charge is -2.61. The summed E-state index contributed by atoms with van der Waals surface area (Å²) in [4.78, 5) is 0. The minimum absolute atomic E-state index is 0.668. The van der Waals surface area contributed by atoms with Crippen LogP contribution in [-0.4, -0.2) is 0 Å². The zero-order valence-corrected chi connectivity index (χ0v) is 62.4. The summed E-state index contributed by atoms with van der Waals surface area (Å²) in [6.45, 7) is 46.1. The molecule has 12 fully saturated rings. The van der Waals surface area contributed by atoms with Gasteiger partial charge < -0.3 is 0 Å². The normalized spacial score (nSPS) is 48.1. The summed E-state index contributed by atoms with van der Waals surface area (Å²) in [7, 11) is 0. The molecule has 0 aliphatic heterocycles. The Morgan fingerprint density at radius 1 is 0.310 bits per heavy atom. The number of hydrogen-bond donors (Lipinski definition) is 0. The lowest BCUT2D eigenvalue weighted by Crippen LogP contribution is -2.53. The molecule has 504 valence electrons. The van der Waals surface area contributed by atoms with Crippen molar-refractivity contribution in [1.82, 2.24) is 0 Å². The molecule has 0 N–H and O–H groups in total. The van der Waals surface area contributed by atoms with E-state index in [4.69, 9.17) is 0 Å². The third kappa shape index (κ3) is 13.9. The molecule has 0 heterocycles. The topological polar surface area (TPSA) is 0 Å². The Morgan fingerprint density at radius 2 is 0.621 bits per heavy atom. The van der Waals surface area contributed by atoms with Gasteiger partial charge >= 0.3 is 0 Å². The average Bonchev–Trinajstić information content (AvgIpc) is 1.73. The van der Waals surface area contributed by atoms with E-state index in [2.05, 4.69) is 125 Å². The van der Waals surface area contributed by atoms with Gasteiger partial charge in [0.15, 0.2) is 0 Å². The first-order chi connectivity index (χ1) is 41.3. The Labute approximate surface area is 546 Å². The van der Waals surface area contributed by atoms with E-state index in [9.17, 15) is 0 Å². The summed E-state index contributed by atoms with van der Waals surface area (Å²) in [5, 5.41) is 0. The van der Waals surface area contributed by atoms with Gasteiger partial charge in [-0.1, -0.05) is 208 Å². The highest BCUT2D eigenvalue weighted by Gasteiger charge is 2.64. The van der Waals surface area contributed by atoms with E-state index in [1.54, 1.807) is 154 Å². The van der Waals surface area contributed by atoms with E-state index in [0.717, 1.165) is 142 Å². The van der Waals surface area contributed by atoms with E-state index < -0.39 is 0 Å². The molecular formula is C87H156. The predicted octanol–water partition coefficient (Wildman–Crippen LogP) is 27.4. The molecule has 0 amide bonds. The minimum atomic E-state index is 0.668. The van der Waals surface area contributed by atoms with Crippen molar-refractivity contribution in [2.45, 2.75) is 375 Å². The van der Waals surface area contributed by atoms with E-state index in [1.807, 2.05) is 0 Å². The van der Waals surface area contributed by atoms with Crippen LogP contribution in [0.1, 0.15) is 375 Å². The standard InChI is InChI=1S/C30H54.C29H52.C28H50/c1-7-9-23-16-18-29(5)24(20-23)12-13-25-27-15-14-26(22(4)11-8-10-21(2)3)30(27,6)19-17-28(25)29;1-7-22-15-17-28(5)23(19-22)11-12-24-26-14-13-25(21(4)10-8-9-20(2)3)29(26,6)18-16-27(24)28;1-19(2)8-7-9-21(4)24-12-13-25-23-11-10-22-18-20(3)14-16-27(22,5)26(23)15-17-28(24,25)6/h21-28H,7-20H2,1-6H3;20-27H,7-19H2,1-6H3;19-26H,7-18H2,1-6H3/t22-,23-,24+,25+,26-,27+,28+,29+,30-;21-,22-,23+,24+,25-,26+,27+,28+,29-;20-,21-,22+,23+,24-,25+,26+,27+,28-/m111/s1. The predicted molar refractivity (Wildman–Crippen MR) is 381 cm³/mol. The Bertz CT molecular complexity index is 2110. The van der Waals surface area contributed by atoms with Gasteiger partial charge in [0.2, 0.25) is 0 Å². The van der Waals surface area contributed by atoms with Crippen molar-refractivity contribution in [1.29, 1.82) is 0 Å². The van der Waals surface area contributed by atoms with Crippen LogP contribution in [0.25, 0.3) is 0 Å². The van der Waals surface area contributed by atoms with E-state index in [0.29, 0.717) is 32.5 Å². The van der Waals surface area contributed by atoms with E-state index in [-0.39, 0.29) is 0 Å². The fraction of sp³-hybridized carbons (Fsp3) is 1.00. The maximum absolute atomic E-state index is 2.76. The molecule has 0 heteroatoms. The third-order valence-electron chi connectivity index (χ3n) is 34.4. The van der Waals surface area contributed by atoms with Crippen molar-refractivity contribution in [3.8, 4) is 0 Å². The third-order valence-corrected chi connectivity index (χ3v) is 34.4. The molecule has 0 aromatic carbocycles. The minimum Gasteiger partial charge on any atom is -0.0654 e. The van der Waals surface area contributed by atoms with Gasteiger partial charge in [-0.25, -0.2) is 0 Å². The second-order valence-electron chi connectivity index (χ2n) is 39.9. The molecule has 12 rings (SSSR count). The number of rotatable bonds is 18. The van der Waals surface area contributed by atoms with Crippen LogP contribution in [0.15, 0.2) is 0 Å². The molecule has 12 saturated carbocycles. The molecule has 0 saturated heterocycles. The lowest BCUT2D eigenvalue weighted by atomic mass is 9.44. The highest BCUT2D eigenvalue weighted by atomic mass is 14.7. The molecule has 0 bridgehead atoms. The molecule has 0 radical (unpaired) electrons. The van der Waals surface area contributed by atoms with Crippen LogP contribution < -0.4 is 0 Å². The van der Waals surface area contributed by atoms with Crippen molar-refractivity contribution in [3.05, 3.63) is 0 Å². The van der Waals surface area contributed by atoms with Gasteiger partial charge in [-0.15, -0.1) is 0 Å². The largest absolute Gasteiger partial charge is 0.0654 e. The van der Waals surface area contributed by atoms with Gasteiger partial charge in [-0.3, -0.25) is 0 Å². The maximum atomic E-state index is 2.76. The number of hydrogen-bond acceptors (Lipinski definition) is 0. The second-order valence-corrected chi connectivity index (χ2v) is 39.9. The molecule has 87 heavy (non-hydrogen) atoms. The molecule has 0 spiro atoms. The smallest absolute Gasteiger partial charge is 0.0264 e. The van der Waals surface area contributed by atoms with Gasteiger partial charge in [0, 0.05) is 0 Å². The fourth-order valence-corrected chi connectivity index (χ4v) is 29.3. The van der Waals surface area contributed by atoms with Crippen LogP contribution in [0.3, 0.4) is 0 Å². The molecule has 0 aromatic heterocycles. The SMILES string of the molecule is CC(C)CCC[C@@H](C)[C@H]1CC[C@H]2[C@@H]3CC[C@H]4C[C@H](C)CC[C@]4(C)[C@H]3CC[C@]12C.CCC[C@@H]1CC[C@@]2(C)[C@@H](CC[C@@H]3[C@@H]2CC[C@]2(C)[C@@H]([C@H](C)CCCC(C)C)CC[C@@H]32)C1.CC[C@@H]1CC[C@@]2(C)[C@@H](CC[C@@H]3[C@@H]2CC[C@]2(C)[C@@H]([C@H](C)CCCC(C)C)CC[C@@H]32)C1. The second kappa shape index (κ2) is 28.8. The molecule has 0 nitrogen and oxygen atoms in total. The molecule has 12 aliphatic rings. The van der Waals surface area contributed by atoms with Crippen molar-refractivity contribution in [2.24, 2.45) is 175 Å². The van der Waals surface area contributed by atoms with Crippen LogP contribution in [0, 0.1) is 175 Å². The zero-order chi connectivity index (χ0) is 62.4. The fourth-order valence-electron chi connectivity index (χ4n) is 29.3. The zero-order valence-electron chi connectivity index (χ0n) is 62.4. The summed E-state index contributed by atoms with van der Waals surface area (Å²) in [5.41, 5.74) is 4.08. The van der Waals surface area contributed by atoms with Crippen LogP contribution in [0.5, 0.6) is 0 Å².